The van der Waals surface area contributed by atoms with Crippen LogP contribution in [0.1, 0.15) is 6.92 Å². The number of thiophene rings is 2. The fourth-order valence-electron chi connectivity index (χ4n) is 9.69. The summed E-state index contributed by atoms with van der Waals surface area (Å²) in [5, 5.41) is 11.6. The van der Waals surface area contributed by atoms with Gasteiger partial charge in [0, 0.05) is 108 Å². The monoisotopic (exact) mass is 870 g/mol. The highest BCUT2D eigenvalue weighted by Crippen LogP contribution is 2.45. The zero-order valence-electron chi connectivity index (χ0n) is 35.3. The van der Waals surface area contributed by atoms with E-state index in [1.54, 1.807) is 0 Å². The second-order valence-corrected chi connectivity index (χ2v) is 18.6. The first-order valence-corrected chi connectivity index (χ1v) is 23.4. The zero-order chi connectivity index (χ0) is 43.2. The highest BCUT2D eigenvalue weighted by molar-refractivity contribution is 7.26. The molecule has 13 rings (SSSR count). The van der Waals surface area contributed by atoms with Crippen LogP contribution >= 0.6 is 22.7 Å². The number of para-hydroxylation sites is 1. The molecule has 0 unspecified atom stereocenters. The second kappa shape index (κ2) is 14.8. The van der Waals surface area contributed by atoms with E-state index in [-0.39, 0.29) is 0 Å². The van der Waals surface area contributed by atoms with Gasteiger partial charge in [0.15, 0.2) is 0 Å². The molecule has 13 aromatic rings. The summed E-state index contributed by atoms with van der Waals surface area (Å²) in [5.74, 6) is 0. The van der Waals surface area contributed by atoms with E-state index in [0.717, 1.165) is 88.8 Å². The van der Waals surface area contributed by atoms with Crippen LogP contribution in [-0.2, 0) is 0 Å². The molecule has 0 atom stereocenters. The van der Waals surface area contributed by atoms with Crippen molar-refractivity contribution in [3.05, 3.63) is 213 Å². The fraction of sp³-hybridized carbons (Fsp3) is 0.0169. The van der Waals surface area contributed by atoms with Crippen LogP contribution in [0.5, 0.6) is 0 Å². The molecule has 0 spiro atoms. The van der Waals surface area contributed by atoms with Crippen molar-refractivity contribution in [2.45, 2.75) is 6.92 Å². The SMILES string of the molecule is C=C/C=C\C(=C/C)N(c1ccc2c(c1)oc1cc3cc4c(cc3cc12)oc1cc(N(c2ccccc2)c2ccc3sc5ccccc5c3c2)ccc14)c1ccc2sc3ccccc3c2c1. The van der Waals surface area contributed by atoms with Crippen LogP contribution in [0.3, 0.4) is 0 Å². The normalized spacial score (nSPS) is 12.5. The second-order valence-electron chi connectivity index (χ2n) is 16.5. The van der Waals surface area contributed by atoms with Crippen LogP contribution in [0.2, 0.25) is 0 Å². The highest BCUT2D eigenvalue weighted by atomic mass is 32.1. The number of fused-ring (bicyclic) bond motifs is 13. The number of furan rings is 2. The smallest absolute Gasteiger partial charge is 0.137 e. The number of hydrogen-bond donors (Lipinski definition) is 0. The van der Waals surface area contributed by atoms with Gasteiger partial charge < -0.3 is 18.6 Å². The maximum atomic E-state index is 6.74. The largest absolute Gasteiger partial charge is 0.456 e. The molecule has 6 heteroatoms. The van der Waals surface area contributed by atoms with E-state index >= 15 is 0 Å². The zero-order valence-corrected chi connectivity index (χ0v) is 36.9. The van der Waals surface area contributed by atoms with Crippen molar-refractivity contribution < 1.29 is 8.83 Å². The molecule has 4 aromatic heterocycles. The van der Waals surface area contributed by atoms with Crippen molar-refractivity contribution in [2.24, 2.45) is 0 Å². The van der Waals surface area contributed by atoms with E-state index in [4.69, 9.17) is 8.83 Å². The third kappa shape index (κ3) is 6.10. The molecule has 0 saturated heterocycles. The predicted molar refractivity (Wildman–Crippen MR) is 281 cm³/mol. The molecule has 0 aliphatic rings. The number of rotatable bonds is 8. The summed E-state index contributed by atoms with van der Waals surface area (Å²) in [6, 6.07) is 63.4. The van der Waals surface area contributed by atoms with Gasteiger partial charge in [-0.25, -0.2) is 0 Å². The first-order chi connectivity index (χ1) is 32.1. The average molecular weight is 871 g/mol. The Morgan fingerprint density at radius 1 is 0.431 bits per heavy atom. The van der Waals surface area contributed by atoms with Gasteiger partial charge in [-0.05, 0) is 133 Å². The lowest BCUT2D eigenvalue weighted by Gasteiger charge is -2.26. The number of benzene rings is 9. The van der Waals surface area contributed by atoms with Crippen LogP contribution in [0.25, 0.3) is 95.0 Å². The van der Waals surface area contributed by atoms with Gasteiger partial charge in [0.1, 0.15) is 22.3 Å². The molecule has 0 saturated carbocycles. The predicted octanol–water partition coefficient (Wildman–Crippen LogP) is 18.6. The summed E-state index contributed by atoms with van der Waals surface area (Å²) in [7, 11) is 0. The number of anilines is 5. The van der Waals surface area contributed by atoms with E-state index in [9.17, 15) is 0 Å². The summed E-state index contributed by atoms with van der Waals surface area (Å²) in [5.41, 5.74) is 9.73. The first-order valence-electron chi connectivity index (χ1n) is 21.8. The van der Waals surface area contributed by atoms with Gasteiger partial charge in [-0.3, -0.25) is 0 Å². The summed E-state index contributed by atoms with van der Waals surface area (Å²) < 4.78 is 18.6. The van der Waals surface area contributed by atoms with Crippen molar-refractivity contribution in [3.8, 4) is 0 Å². The van der Waals surface area contributed by atoms with Crippen LogP contribution in [0, 0.1) is 0 Å². The first kappa shape index (κ1) is 37.6. The third-order valence-corrected chi connectivity index (χ3v) is 15.0. The lowest BCUT2D eigenvalue weighted by Crippen LogP contribution is -2.15. The summed E-state index contributed by atoms with van der Waals surface area (Å²) >= 11 is 3.67. The minimum atomic E-state index is 0.832. The lowest BCUT2D eigenvalue weighted by molar-refractivity contribution is 0.668. The Labute approximate surface area is 382 Å². The van der Waals surface area contributed by atoms with Crippen LogP contribution in [0.15, 0.2) is 221 Å². The quantitative estimate of drug-likeness (QED) is 0.142. The molecule has 0 aliphatic carbocycles. The molecule has 0 aliphatic heterocycles. The Balaban J connectivity index is 0.903. The van der Waals surface area contributed by atoms with Gasteiger partial charge in [0.05, 0.1) is 0 Å². The van der Waals surface area contributed by atoms with Crippen molar-refractivity contribution in [1.29, 1.82) is 0 Å². The molecular formula is C59H38N2O2S2. The third-order valence-electron chi connectivity index (χ3n) is 12.7. The molecule has 9 aromatic carbocycles. The lowest BCUT2D eigenvalue weighted by atomic mass is 10.0. The van der Waals surface area contributed by atoms with E-state index in [2.05, 4.69) is 211 Å². The van der Waals surface area contributed by atoms with Gasteiger partial charge >= 0.3 is 0 Å². The maximum absolute atomic E-state index is 6.74. The van der Waals surface area contributed by atoms with Crippen LogP contribution in [0.4, 0.5) is 28.4 Å². The van der Waals surface area contributed by atoms with Crippen LogP contribution < -0.4 is 9.80 Å². The van der Waals surface area contributed by atoms with Crippen molar-refractivity contribution in [2.75, 3.05) is 9.80 Å². The van der Waals surface area contributed by atoms with Crippen LogP contribution in [-0.4, -0.2) is 0 Å². The van der Waals surface area contributed by atoms with Gasteiger partial charge in [0.25, 0.3) is 0 Å². The number of nitrogens with zero attached hydrogens (tertiary/aromatic N) is 2. The maximum Gasteiger partial charge on any atom is 0.137 e. The Bertz CT molecular complexity index is 4130. The Kier molecular flexibility index (Phi) is 8.60. The molecule has 308 valence electrons. The minimum absolute atomic E-state index is 0.832. The van der Waals surface area contributed by atoms with E-state index in [0.29, 0.717) is 0 Å². The van der Waals surface area contributed by atoms with E-state index in [1.807, 2.05) is 34.8 Å². The Morgan fingerprint density at radius 2 is 0.908 bits per heavy atom. The van der Waals surface area contributed by atoms with Crippen molar-refractivity contribution in [3.63, 3.8) is 0 Å². The van der Waals surface area contributed by atoms with Crippen molar-refractivity contribution >= 4 is 146 Å². The molecule has 4 heterocycles. The Morgan fingerprint density at radius 3 is 1.52 bits per heavy atom. The van der Waals surface area contributed by atoms with E-state index in [1.165, 1.54) is 40.3 Å². The standard InChI is InChI=1S/C59H38N2O2S2/c1-3-5-13-38(4-2)60(40-22-26-58-50(32-40)46-16-9-11-18-56(46)64-58)42-20-24-44-48-28-36-31-53-49(29-37(36)30-52(48)62-54(44)34-42)45-25-21-43(35-55(45)63-53)61(39-14-7-6-8-15-39)41-23-27-59-51(33-41)47-17-10-12-19-57(47)65-59/h3-35H,1H2,2H3/b13-5-,38-4+. The summed E-state index contributed by atoms with van der Waals surface area (Å²) in [6.07, 6.45) is 8.04. The minimum Gasteiger partial charge on any atom is -0.456 e. The molecule has 4 nitrogen and oxygen atoms in total. The highest BCUT2D eigenvalue weighted by Gasteiger charge is 2.20. The Hall–Kier alpha value is -7.90. The molecule has 0 amide bonds. The average Bonchev–Trinajstić information content (AvgIpc) is 4.11. The summed E-state index contributed by atoms with van der Waals surface area (Å²) in [4.78, 5) is 4.61. The number of hydrogen-bond acceptors (Lipinski definition) is 6. The molecule has 0 bridgehead atoms. The summed E-state index contributed by atoms with van der Waals surface area (Å²) in [6.45, 7) is 6.02. The van der Waals surface area contributed by atoms with E-state index < -0.39 is 0 Å². The van der Waals surface area contributed by atoms with Gasteiger partial charge in [-0.15, -0.1) is 22.7 Å². The molecule has 65 heavy (non-hydrogen) atoms. The molecule has 0 radical (unpaired) electrons. The van der Waals surface area contributed by atoms with Gasteiger partial charge in [-0.1, -0.05) is 79.4 Å². The van der Waals surface area contributed by atoms with Crippen molar-refractivity contribution in [1.82, 2.24) is 0 Å². The molecular weight excluding hydrogens is 833 g/mol. The molecule has 0 N–H and O–H groups in total. The topological polar surface area (TPSA) is 32.8 Å². The molecule has 0 fully saturated rings. The van der Waals surface area contributed by atoms with Gasteiger partial charge in [-0.2, -0.15) is 0 Å². The van der Waals surface area contributed by atoms with Gasteiger partial charge in [0.2, 0.25) is 0 Å². The number of allylic oxidation sites excluding steroid dienone is 4. The fourth-order valence-corrected chi connectivity index (χ4v) is 11.9.